The van der Waals surface area contributed by atoms with Crippen molar-refractivity contribution in [3.63, 3.8) is 0 Å². The third-order valence-corrected chi connectivity index (χ3v) is 4.77. The van der Waals surface area contributed by atoms with Crippen LogP contribution in [-0.4, -0.2) is 24.0 Å². The molecule has 2 heterocycles. The summed E-state index contributed by atoms with van der Waals surface area (Å²) >= 11 is 5.24. The summed E-state index contributed by atoms with van der Waals surface area (Å²) in [4.78, 5) is 10.2. The Morgan fingerprint density at radius 1 is 1.36 bits per heavy atom. The largest absolute Gasteiger partial charge is 0.444 e. The second kappa shape index (κ2) is 8.33. The number of thiophene rings is 1. The number of oxazole rings is 1. The van der Waals surface area contributed by atoms with Crippen LogP contribution in [0.3, 0.4) is 0 Å². The number of hydrogen-bond acceptors (Lipinski definition) is 4. The van der Waals surface area contributed by atoms with Crippen molar-refractivity contribution < 1.29 is 4.42 Å². The molecule has 0 aliphatic carbocycles. The molecule has 0 fully saturated rings. The molecule has 0 aliphatic heterocycles. The Bertz CT molecular complexity index is 616. The van der Waals surface area contributed by atoms with Crippen molar-refractivity contribution in [2.24, 2.45) is 4.99 Å². The van der Waals surface area contributed by atoms with Crippen LogP contribution in [0.5, 0.6) is 0 Å². The van der Waals surface area contributed by atoms with Crippen LogP contribution in [-0.2, 0) is 13.0 Å². The topological polar surface area (TPSA) is 62.5 Å². The van der Waals surface area contributed by atoms with Crippen LogP contribution in [0, 0.1) is 13.8 Å². The van der Waals surface area contributed by atoms with E-state index >= 15 is 0 Å². The first-order chi connectivity index (χ1) is 10.6. The van der Waals surface area contributed by atoms with Gasteiger partial charge in [-0.05, 0) is 55.3 Å². The van der Waals surface area contributed by atoms with E-state index in [2.05, 4.69) is 48.7 Å². The molecule has 2 N–H and O–H groups in total. The summed E-state index contributed by atoms with van der Waals surface area (Å²) in [5.41, 5.74) is 0.923. The molecular weight excluding hydrogens is 364 g/mol. The minimum absolute atomic E-state index is 0.439. The van der Waals surface area contributed by atoms with E-state index < -0.39 is 0 Å². The molecule has 120 valence electrons. The van der Waals surface area contributed by atoms with E-state index in [4.69, 9.17) is 4.42 Å². The molecule has 0 unspecified atom stereocenters. The van der Waals surface area contributed by atoms with Gasteiger partial charge in [0.25, 0.3) is 0 Å². The Morgan fingerprint density at radius 3 is 2.77 bits per heavy atom. The van der Waals surface area contributed by atoms with Gasteiger partial charge >= 0.3 is 0 Å². The zero-order valence-corrected chi connectivity index (χ0v) is 15.5. The number of nitrogens with zero attached hydrogens (tertiary/aromatic N) is 2. The van der Waals surface area contributed by atoms with Crippen molar-refractivity contribution in [1.82, 2.24) is 15.6 Å². The van der Waals surface area contributed by atoms with Gasteiger partial charge in [0.15, 0.2) is 5.96 Å². The van der Waals surface area contributed by atoms with Gasteiger partial charge in [0.1, 0.15) is 12.3 Å². The summed E-state index contributed by atoms with van der Waals surface area (Å²) in [6, 6.07) is 4.21. The van der Waals surface area contributed by atoms with E-state index in [9.17, 15) is 0 Å². The zero-order chi connectivity index (χ0) is 15.9. The Balaban J connectivity index is 1.86. The summed E-state index contributed by atoms with van der Waals surface area (Å²) in [5.74, 6) is 2.28. The smallest absolute Gasteiger partial charge is 0.216 e. The second-order valence-electron chi connectivity index (χ2n) is 4.83. The Kier molecular flexibility index (Phi) is 6.45. The average molecular weight is 385 g/mol. The highest BCUT2D eigenvalue weighted by Gasteiger charge is 2.05. The molecule has 0 aliphatic rings. The van der Waals surface area contributed by atoms with Crippen molar-refractivity contribution in [2.45, 2.75) is 33.7 Å². The van der Waals surface area contributed by atoms with E-state index in [0.717, 1.165) is 40.7 Å². The van der Waals surface area contributed by atoms with E-state index in [1.807, 2.05) is 20.8 Å². The lowest BCUT2D eigenvalue weighted by atomic mass is 10.3. The molecule has 22 heavy (non-hydrogen) atoms. The number of aromatic nitrogens is 1. The Labute approximate surface area is 143 Å². The zero-order valence-electron chi connectivity index (χ0n) is 13.1. The fraction of sp³-hybridized carbons (Fsp3) is 0.467. The lowest BCUT2D eigenvalue weighted by molar-refractivity contribution is 0.473. The van der Waals surface area contributed by atoms with Gasteiger partial charge in [0, 0.05) is 18.0 Å². The molecule has 2 aromatic heterocycles. The van der Waals surface area contributed by atoms with Gasteiger partial charge in [-0.25, -0.2) is 9.98 Å². The highest BCUT2D eigenvalue weighted by Crippen LogP contribution is 2.22. The fourth-order valence-electron chi connectivity index (χ4n) is 1.89. The molecule has 7 heteroatoms. The van der Waals surface area contributed by atoms with Crippen molar-refractivity contribution in [3.05, 3.63) is 38.1 Å². The predicted octanol–water partition coefficient (Wildman–Crippen LogP) is 3.41. The van der Waals surface area contributed by atoms with E-state index in [-0.39, 0.29) is 0 Å². The van der Waals surface area contributed by atoms with Gasteiger partial charge in [0.2, 0.25) is 5.89 Å². The lowest BCUT2D eigenvalue weighted by Gasteiger charge is -2.10. The van der Waals surface area contributed by atoms with Gasteiger partial charge in [-0.3, -0.25) is 0 Å². The maximum atomic E-state index is 5.54. The molecule has 0 aromatic carbocycles. The normalized spacial score (nSPS) is 11.7. The molecule has 0 atom stereocenters. The number of halogens is 1. The first-order valence-electron chi connectivity index (χ1n) is 7.27. The first-order valence-corrected chi connectivity index (χ1v) is 8.88. The van der Waals surface area contributed by atoms with Crippen LogP contribution < -0.4 is 10.6 Å². The lowest BCUT2D eigenvalue weighted by Crippen LogP contribution is -2.38. The maximum absolute atomic E-state index is 5.54. The monoisotopic (exact) mass is 384 g/mol. The summed E-state index contributed by atoms with van der Waals surface area (Å²) in [5, 5.41) is 6.56. The van der Waals surface area contributed by atoms with Crippen LogP contribution in [0.1, 0.15) is 29.1 Å². The van der Waals surface area contributed by atoms with Crippen LogP contribution in [0.4, 0.5) is 0 Å². The van der Waals surface area contributed by atoms with Crippen LogP contribution >= 0.6 is 27.3 Å². The second-order valence-corrected chi connectivity index (χ2v) is 7.37. The van der Waals surface area contributed by atoms with Crippen molar-refractivity contribution >= 4 is 33.2 Å². The molecule has 0 amide bonds. The number of nitrogens with one attached hydrogen (secondary N) is 2. The minimum atomic E-state index is 0.439. The maximum Gasteiger partial charge on any atom is 0.216 e. The van der Waals surface area contributed by atoms with Crippen molar-refractivity contribution in [3.8, 4) is 0 Å². The van der Waals surface area contributed by atoms with E-state index in [1.54, 1.807) is 11.3 Å². The van der Waals surface area contributed by atoms with Crippen molar-refractivity contribution in [1.29, 1.82) is 0 Å². The number of aryl methyl sites for hydroxylation is 2. The summed E-state index contributed by atoms with van der Waals surface area (Å²) in [7, 11) is 0. The number of hydrogen-bond donors (Lipinski definition) is 2. The van der Waals surface area contributed by atoms with Crippen LogP contribution in [0.25, 0.3) is 0 Å². The van der Waals surface area contributed by atoms with E-state index in [0.29, 0.717) is 12.4 Å². The third-order valence-electron chi connectivity index (χ3n) is 3.08. The minimum Gasteiger partial charge on any atom is -0.444 e. The number of guanidine groups is 1. The number of aliphatic imine (C=N–C) groups is 1. The molecule has 0 saturated carbocycles. The average Bonchev–Trinajstić information content (AvgIpc) is 3.03. The van der Waals surface area contributed by atoms with Gasteiger partial charge in [0.05, 0.1) is 9.48 Å². The molecule has 5 nitrogen and oxygen atoms in total. The standard InChI is InChI=1S/C15H21BrN4OS/c1-4-17-15(18-8-7-12-5-6-13(16)22-12)19-9-14-20-10(2)11(3)21-14/h5-6H,4,7-9H2,1-3H3,(H2,17,18,19). The molecule has 0 radical (unpaired) electrons. The quantitative estimate of drug-likeness (QED) is 0.591. The van der Waals surface area contributed by atoms with Crippen LogP contribution in [0.15, 0.2) is 25.3 Å². The predicted molar refractivity (Wildman–Crippen MR) is 94.5 cm³/mol. The molecule has 0 saturated heterocycles. The molecule has 2 rings (SSSR count). The molecule has 2 aromatic rings. The fourth-order valence-corrected chi connectivity index (χ4v) is 3.37. The molecule has 0 bridgehead atoms. The Morgan fingerprint density at radius 2 is 2.18 bits per heavy atom. The summed E-state index contributed by atoms with van der Waals surface area (Å²) in [6.07, 6.45) is 0.970. The molecular formula is C15H21BrN4OS. The van der Waals surface area contributed by atoms with Crippen LogP contribution in [0.2, 0.25) is 0 Å². The SMILES string of the molecule is CCNC(=NCc1nc(C)c(C)o1)NCCc1ccc(Br)s1. The summed E-state index contributed by atoms with van der Waals surface area (Å²) < 4.78 is 6.71. The summed E-state index contributed by atoms with van der Waals surface area (Å²) in [6.45, 7) is 8.00. The van der Waals surface area contributed by atoms with Gasteiger partial charge < -0.3 is 15.1 Å². The van der Waals surface area contributed by atoms with E-state index in [1.165, 1.54) is 4.88 Å². The highest BCUT2D eigenvalue weighted by atomic mass is 79.9. The van der Waals surface area contributed by atoms with Gasteiger partial charge in [-0.1, -0.05) is 0 Å². The highest BCUT2D eigenvalue weighted by molar-refractivity contribution is 9.11. The number of rotatable bonds is 6. The first kappa shape index (κ1) is 17.0. The van der Waals surface area contributed by atoms with Gasteiger partial charge in [-0.15, -0.1) is 11.3 Å². The third kappa shape index (κ3) is 5.14. The molecule has 0 spiro atoms. The van der Waals surface area contributed by atoms with Gasteiger partial charge in [-0.2, -0.15) is 0 Å². The Hall–Kier alpha value is -1.34. The van der Waals surface area contributed by atoms with Crippen molar-refractivity contribution in [2.75, 3.05) is 13.1 Å².